The van der Waals surface area contributed by atoms with Crippen LogP contribution < -0.4 is 0 Å². The van der Waals surface area contributed by atoms with Crippen LogP contribution >= 0.6 is 0 Å². The molecule has 2 heterocycles. The first-order chi connectivity index (χ1) is 9.47. The first-order valence-corrected chi connectivity index (χ1v) is 8.02. The molecule has 1 aliphatic heterocycles. The molecule has 0 aromatic carbocycles. The highest BCUT2D eigenvalue weighted by Crippen LogP contribution is 2.20. The van der Waals surface area contributed by atoms with Crippen molar-refractivity contribution in [3.63, 3.8) is 0 Å². The molecule has 0 aliphatic carbocycles. The van der Waals surface area contributed by atoms with Crippen LogP contribution in [-0.4, -0.2) is 34.0 Å². The van der Waals surface area contributed by atoms with Gasteiger partial charge in [-0.3, -0.25) is 0 Å². The monoisotopic (exact) mass is 275 g/mol. The Balaban J connectivity index is 1.95. The van der Waals surface area contributed by atoms with Crippen LogP contribution in [0.4, 0.5) is 0 Å². The van der Waals surface area contributed by atoms with Crippen molar-refractivity contribution in [1.82, 2.24) is 14.9 Å². The molecular formula is C17H29N3. The molecule has 0 bridgehead atoms. The maximum atomic E-state index is 4.57. The summed E-state index contributed by atoms with van der Waals surface area (Å²) >= 11 is 0. The molecule has 3 heteroatoms. The van der Waals surface area contributed by atoms with E-state index in [2.05, 4.69) is 42.6 Å². The van der Waals surface area contributed by atoms with E-state index in [0.29, 0.717) is 6.04 Å². The zero-order valence-corrected chi connectivity index (χ0v) is 13.5. The maximum absolute atomic E-state index is 4.57. The molecular weight excluding hydrogens is 246 g/mol. The van der Waals surface area contributed by atoms with E-state index in [1.807, 2.05) is 12.4 Å². The van der Waals surface area contributed by atoms with E-state index < -0.39 is 0 Å². The van der Waals surface area contributed by atoms with Crippen molar-refractivity contribution in [3.05, 3.63) is 23.8 Å². The Labute approximate surface area is 123 Å². The minimum absolute atomic E-state index is 0.134. The summed E-state index contributed by atoms with van der Waals surface area (Å²) in [7, 11) is 0. The highest BCUT2D eigenvalue weighted by molar-refractivity contribution is 5.15. The molecule has 0 radical (unpaired) electrons. The molecule has 1 atom stereocenters. The molecule has 3 nitrogen and oxygen atoms in total. The molecule has 1 unspecified atom stereocenters. The van der Waals surface area contributed by atoms with Crippen LogP contribution in [0, 0.1) is 0 Å². The van der Waals surface area contributed by atoms with Crippen molar-refractivity contribution in [2.45, 2.75) is 71.3 Å². The molecule has 2 rings (SSSR count). The van der Waals surface area contributed by atoms with Crippen LogP contribution in [0.1, 0.15) is 64.8 Å². The van der Waals surface area contributed by atoms with Crippen molar-refractivity contribution in [3.8, 4) is 0 Å². The fraction of sp³-hybridized carbons (Fsp3) is 0.765. The fourth-order valence-electron chi connectivity index (χ4n) is 2.78. The van der Waals surface area contributed by atoms with Gasteiger partial charge < -0.3 is 4.90 Å². The third-order valence-electron chi connectivity index (χ3n) is 4.31. The van der Waals surface area contributed by atoms with E-state index in [1.165, 1.54) is 44.3 Å². The molecule has 1 aliphatic rings. The lowest BCUT2D eigenvalue weighted by Crippen LogP contribution is -2.35. The summed E-state index contributed by atoms with van der Waals surface area (Å²) in [6.45, 7) is 11.4. The van der Waals surface area contributed by atoms with Crippen molar-refractivity contribution < 1.29 is 0 Å². The molecule has 112 valence electrons. The Morgan fingerprint density at radius 2 is 1.60 bits per heavy atom. The lowest BCUT2D eigenvalue weighted by Gasteiger charge is -2.27. The van der Waals surface area contributed by atoms with Crippen molar-refractivity contribution in [2.24, 2.45) is 0 Å². The zero-order valence-electron chi connectivity index (χ0n) is 13.5. The van der Waals surface area contributed by atoms with E-state index in [4.69, 9.17) is 0 Å². The number of likely N-dealkylation sites (tertiary alicyclic amines) is 1. The minimum Gasteiger partial charge on any atom is -0.300 e. The third-order valence-corrected chi connectivity index (χ3v) is 4.31. The van der Waals surface area contributed by atoms with E-state index in [-0.39, 0.29) is 5.41 Å². The summed E-state index contributed by atoms with van der Waals surface area (Å²) in [4.78, 5) is 11.7. The zero-order chi connectivity index (χ0) is 14.6. The number of aromatic nitrogens is 2. The SMILES string of the molecule is CC(Cc1ncc(C(C)(C)C)cn1)N1CCCCCC1. The summed E-state index contributed by atoms with van der Waals surface area (Å²) in [5.74, 6) is 0.981. The first kappa shape index (κ1) is 15.4. The van der Waals surface area contributed by atoms with E-state index >= 15 is 0 Å². The average Bonchev–Trinajstić information content (AvgIpc) is 2.67. The number of nitrogens with zero attached hydrogens (tertiary/aromatic N) is 3. The lowest BCUT2D eigenvalue weighted by atomic mass is 9.89. The van der Waals surface area contributed by atoms with Crippen LogP contribution in [0.5, 0.6) is 0 Å². The van der Waals surface area contributed by atoms with Gasteiger partial charge in [-0.05, 0) is 43.8 Å². The Kier molecular flexibility index (Phi) is 5.14. The summed E-state index contributed by atoms with van der Waals surface area (Å²) in [6.07, 6.45) is 10.4. The van der Waals surface area contributed by atoms with Gasteiger partial charge in [0, 0.05) is 24.9 Å². The predicted molar refractivity (Wildman–Crippen MR) is 83.9 cm³/mol. The summed E-state index contributed by atoms with van der Waals surface area (Å²) in [5, 5.41) is 0. The van der Waals surface area contributed by atoms with E-state index in [0.717, 1.165) is 12.2 Å². The van der Waals surface area contributed by atoms with Gasteiger partial charge in [0.05, 0.1) is 0 Å². The second-order valence-electron chi connectivity index (χ2n) is 7.14. The van der Waals surface area contributed by atoms with Gasteiger partial charge in [0.2, 0.25) is 0 Å². The number of hydrogen-bond donors (Lipinski definition) is 0. The molecule has 0 saturated carbocycles. The second-order valence-corrected chi connectivity index (χ2v) is 7.14. The van der Waals surface area contributed by atoms with E-state index in [9.17, 15) is 0 Å². The van der Waals surface area contributed by atoms with Crippen LogP contribution in [0.25, 0.3) is 0 Å². The van der Waals surface area contributed by atoms with Gasteiger partial charge in [0.25, 0.3) is 0 Å². The van der Waals surface area contributed by atoms with Crippen LogP contribution in [0.15, 0.2) is 12.4 Å². The Hall–Kier alpha value is -0.960. The largest absolute Gasteiger partial charge is 0.300 e. The highest BCUT2D eigenvalue weighted by atomic mass is 15.1. The Bertz CT molecular complexity index is 397. The van der Waals surface area contributed by atoms with Gasteiger partial charge in [-0.2, -0.15) is 0 Å². The molecule has 0 amide bonds. The molecule has 0 spiro atoms. The van der Waals surface area contributed by atoms with Gasteiger partial charge in [-0.15, -0.1) is 0 Å². The van der Waals surface area contributed by atoms with Crippen molar-refractivity contribution >= 4 is 0 Å². The molecule has 1 saturated heterocycles. The van der Waals surface area contributed by atoms with Gasteiger partial charge >= 0.3 is 0 Å². The molecule has 1 aromatic rings. The van der Waals surface area contributed by atoms with Gasteiger partial charge in [-0.1, -0.05) is 33.6 Å². The van der Waals surface area contributed by atoms with Crippen molar-refractivity contribution in [2.75, 3.05) is 13.1 Å². The highest BCUT2D eigenvalue weighted by Gasteiger charge is 2.18. The molecule has 1 aromatic heterocycles. The number of rotatable bonds is 3. The quantitative estimate of drug-likeness (QED) is 0.844. The topological polar surface area (TPSA) is 29.0 Å². The van der Waals surface area contributed by atoms with Gasteiger partial charge in [-0.25, -0.2) is 9.97 Å². The molecule has 20 heavy (non-hydrogen) atoms. The van der Waals surface area contributed by atoms with E-state index in [1.54, 1.807) is 0 Å². The molecule has 1 fully saturated rings. The Morgan fingerprint density at radius 1 is 1.05 bits per heavy atom. The first-order valence-electron chi connectivity index (χ1n) is 8.02. The third kappa shape index (κ3) is 4.27. The lowest BCUT2D eigenvalue weighted by molar-refractivity contribution is 0.213. The second kappa shape index (κ2) is 6.66. The van der Waals surface area contributed by atoms with Crippen molar-refractivity contribution in [1.29, 1.82) is 0 Å². The predicted octanol–water partition coefficient (Wildman–Crippen LogP) is 3.58. The van der Waals surface area contributed by atoms with Gasteiger partial charge in [0.1, 0.15) is 5.82 Å². The average molecular weight is 275 g/mol. The van der Waals surface area contributed by atoms with Crippen LogP contribution in [-0.2, 0) is 11.8 Å². The maximum Gasteiger partial charge on any atom is 0.129 e. The summed E-state index contributed by atoms with van der Waals surface area (Å²) in [5.41, 5.74) is 1.35. The van der Waals surface area contributed by atoms with Crippen LogP contribution in [0.2, 0.25) is 0 Å². The Morgan fingerprint density at radius 3 is 2.10 bits per heavy atom. The normalized spacial score (nSPS) is 19.6. The standard InChI is InChI=1S/C17H29N3/c1-14(20-9-7-5-6-8-10-20)11-16-18-12-15(13-19-16)17(2,3)4/h12-14H,5-11H2,1-4H3. The van der Waals surface area contributed by atoms with Crippen LogP contribution in [0.3, 0.4) is 0 Å². The summed E-state index contributed by atoms with van der Waals surface area (Å²) in [6, 6.07) is 0.550. The minimum atomic E-state index is 0.134. The fourth-order valence-corrected chi connectivity index (χ4v) is 2.78. The van der Waals surface area contributed by atoms with Gasteiger partial charge in [0.15, 0.2) is 0 Å². The summed E-state index contributed by atoms with van der Waals surface area (Å²) < 4.78 is 0. The molecule has 0 N–H and O–H groups in total. The number of hydrogen-bond acceptors (Lipinski definition) is 3. The smallest absolute Gasteiger partial charge is 0.129 e.